The van der Waals surface area contributed by atoms with Gasteiger partial charge in [-0.25, -0.2) is 0 Å². The van der Waals surface area contributed by atoms with Gasteiger partial charge in [-0.15, -0.1) is 12.4 Å². The molecule has 0 radical (unpaired) electrons. The number of halogens is 1. The molecule has 194 valence electrons. The monoisotopic (exact) mass is 545 g/mol. The second-order valence-corrected chi connectivity index (χ2v) is 8.84. The van der Waals surface area contributed by atoms with Gasteiger partial charge in [0, 0.05) is 22.6 Å². The van der Waals surface area contributed by atoms with Crippen LogP contribution in [0.1, 0.15) is 33.0 Å². The average molecular weight is 546 g/mol. The van der Waals surface area contributed by atoms with Crippen LogP contribution in [-0.4, -0.2) is 29.4 Å². The zero-order valence-corrected chi connectivity index (χ0v) is 22.1. The Morgan fingerprint density at radius 3 is 1.76 bits per heavy atom. The van der Waals surface area contributed by atoms with Gasteiger partial charge in [0.1, 0.15) is 0 Å². The topological polar surface area (TPSA) is 101 Å². The molecule has 0 heterocycles. The summed E-state index contributed by atoms with van der Waals surface area (Å²) in [5.41, 5.74) is 8.86. The maximum Gasteiger partial charge on any atom is 0.242 e. The fourth-order valence-electron chi connectivity index (χ4n) is 3.97. The normalized spacial score (nSPS) is 11.2. The van der Waals surface area contributed by atoms with E-state index >= 15 is 0 Å². The van der Waals surface area contributed by atoms with Crippen molar-refractivity contribution in [2.24, 2.45) is 5.73 Å². The highest BCUT2D eigenvalue weighted by Gasteiger charge is 2.25. The van der Waals surface area contributed by atoms with Gasteiger partial charge in [-0.05, 0) is 29.3 Å². The number of nitrogens with one attached hydrogen (secondary N) is 2. The molecule has 4 aromatic carbocycles. The third kappa shape index (κ3) is 6.89. The van der Waals surface area contributed by atoms with Crippen LogP contribution in [0.2, 0.25) is 0 Å². The van der Waals surface area contributed by atoms with Gasteiger partial charge in [-0.3, -0.25) is 14.4 Å². The van der Waals surface area contributed by atoms with Crippen LogP contribution in [0.15, 0.2) is 109 Å². The molecule has 4 rings (SSSR count). The molecule has 0 aliphatic heterocycles. The zero-order chi connectivity index (χ0) is 26.2. The van der Waals surface area contributed by atoms with Crippen LogP contribution < -0.4 is 16.4 Å². The molecule has 1 atom stereocenters. The minimum absolute atomic E-state index is 0. The van der Waals surface area contributed by atoms with Crippen LogP contribution in [-0.2, 0) is 9.59 Å². The molecule has 0 saturated carbocycles. The first-order valence-electron chi connectivity index (χ1n) is 11.8. The number of thiol groups is 1. The number of carbonyl (C=O) groups is 3. The summed E-state index contributed by atoms with van der Waals surface area (Å²) in [6, 6.07) is 31.7. The lowest BCUT2D eigenvalue weighted by atomic mass is 9.90. The second kappa shape index (κ2) is 13.6. The number of ketones is 1. The van der Waals surface area contributed by atoms with Crippen molar-refractivity contribution >= 4 is 54.0 Å². The fourth-order valence-corrected chi connectivity index (χ4v) is 4.14. The first-order valence-corrected chi connectivity index (χ1v) is 12.4. The van der Waals surface area contributed by atoms with Gasteiger partial charge in [0.05, 0.1) is 17.6 Å². The van der Waals surface area contributed by atoms with E-state index in [0.29, 0.717) is 16.9 Å². The summed E-state index contributed by atoms with van der Waals surface area (Å²) in [5, 5.41) is 5.68. The molecular formula is C30H28ClN3O3S. The molecule has 0 aliphatic carbocycles. The lowest BCUT2D eigenvalue weighted by Gasteiger charge is -2.20. The van der Waals surface area contributed by atoms with Crippen molar-refractivity contribution < 1.29 is 14.4 Å². The van der Waals surface area contributed by atoms with Gasteiger partial charge >= 0.3 is 0 Å². The summed E-state index contributed by atoms with van der Waals surface area (Å²) in [6.45, 7) is 0. The minimum atomic E-state index is -0.798. The van der Waals surface area contributed by atoms with Gasteiger partial charge in [0.25, 0.3) is 0 Å². The quantitative estimate of drug-likeness (QED) is 0.169. The standard InChI is InChI=1S/C30H27N3O3S.ClH/c31-25(19-37)29(35)32-23-16-17-26(24(18-23)28(34)22-14-8-3-9-15-22)33-30(36)27(20-10-4-1-5-11-20)21-12-6-2-7-13-21;/h1-18,25,27,37H,19,31H2,(H,32,35)(H,33,36);1H/t25-;/m0./s1. The van der Waals surface area contributed by atoms with Crippen molar-refractivity contribution in [1.29, 1.82) is 0 Å². The molecule has 0 aromatic heterocycles. The van der Waals surface area contributed by atoms with Crippen LogP contribution in [0.5, 0.6) is 0 Å². The molecule has 2 amide bonds. The van der Waals surface area contributed by atoms with Gasteiger partial charge in [0.2, 0.25) is 11.8 Å². The van der Waals surface area contributed by atoms with E-state index in [1.54, 1.807) is 42.5 Å². The number of hydrogen-bond acceptors (Lipinski definition) is 5. The summed E-state index contributed by atoms with van der Waals surface area (Å²) in [4.78, 5) is 39.5. The van der Waals surface area contributed by atoms with Gasteiger partial charge in [-0.2, -0.15) is 12.6 Å². The summed E-state index contributed by atoms with van der Waals surface area (Å²) in [6.07, 6.45) is 0. The Kier molecular flexibility index (Phi) is 10.2. The van der Waals surface area contributed by atoms with E-state index in [1.165, 1.54) is 0 Å². The smallest absolute Gasteiger partial charge is 0.242 e. The molecule has 4 N–H and O–H groups in total. The third-order valence-electron chi connectivity index (χ3n) is 5.89. The van der Waals surface area contributed by atoms with Crippen molar-refractivity contribution in [3.05, 3.63) is 131 Å². The number of rotatable bonds is 9. The molecule has 38 heavy (non-hydrogen) atoms. The molecule has 6 nitrogen and oxygen atoms in total. The SMILES string of the molecule is Cl.N[C@@H](CS)C(=O)Nc1ccc(NC(=O)C(c2ccccc2)c2ccccc2)c(C(=O)c2ccccc2)c1. The highest BCUT2D eigenvalue weighted by Crippen LogP contribution is 2.29. The van der Waals surface area contributed by atoms with Gasteiger partial charge < -0.3 is 16.4 Å². The average Bonchev–Trinajstić information content (AvgIpc) is 2.94. The van der Waals surface area contributed by atoms with E-state index in [1.807, 2.05) is 66.7 Å². The molecule has 0 spiro atoms. The van der Waals surface area contributed by atoms with E-state index in [9.17, 15) is 14.4 Å². The van der Waals surface area contributed by atoms with E-state index in [4.69, 9.17) is 5.73 Å². The Bertz CT molecular complexity index is 1350. The maximum absolute atomic E-state index is 13.7. The van der Waals surface area contributed by atoms with E-state index in [-0.39, 0.29) is 35.4 Å². The maximum atomic E-state index is 13.7. The summed E-state index contributed by atoms with van der Waals surface area (Å²) in [5.74, 6) is -1.40. The number of amides is 2. The largest absolute Gasteiger partial charge is 0.325 e. The third-order valence-corrected chi connectivity index (χ3v) is 6.28. The molecule has 8 heteroatoms. The zero-order valence-electron chi connectivity index (χ0n) is 20.4. The van der Waals surface area contributed by atoms with Gasteiger partial charge in [0.15, 0.2) is 5.78 Å². The van der Waals surface area contributed by atoms with Crippen molar-refractivity contribution in [2.45, 2.75) is 12.0 Å². The number of hydrogen-bond donors (Lipinski definition) is 4. The van der Waals surface area contributed by atoms with Crippen molar-refractivity contribution in [1.82, 2.24) is 0 Å². The lowest BCUT2D eigenvalue weighted by molar-refractivity contribution is -0.117. The minimum Gasteiger partial charge on any atom is -0.325 e. The van der Waals surface area contributed by atoms with Crippen LogP contribution >= 0.6 is 25.0 Å². The first-order chi connectivity index (χ1) is 18.0. The molecular weight excluding hydrogens is 518 g/mol. The first kappa shape index (κ1) is 28.7. The molecule has 0 fully saturated rings. The predicted octanol–water partition coefficient (Wildman–Crippen LogP) is 5.31. The predicted molar refractivity (Wildman–Crippen MR) is 157 cm³/mol. The number of benzene rings is 4. The highest BCUT2D eigenvalue weighted by molar-refractivity contribution is 7.80. The van der Waals surface area contributed by atoms with Crippen molar-refractivity contribution in [3.8, 4) is 0 Å². The van der Waals surface area contributed by atoms with E-state index in [2.05, 4.69) is 23.3 Å². The Hall–Kier alpha value is -3.91. The van der Waals surface area contributed by atoms with Crippen LogP contribution in [0.3, 0.4) is 0 Å². The van der Waals surface area contributed by atoms with E-state index in [0.717, 1.165) is 11.1 Å². The second-order valence-electron chi connectivity index (χ2n) is 8.48. The Labute approximate surface area is 233 Å². The summed E-state index contributed by atoms with van der Waals surface area (Å²) in [7, 11) is 0. The lowest BCUT2D eigenvalue weighted by Crippen LogP contribution is -2.37. The molecule has 4 aromatic rings. The summed E-state index contributed by atoms with van der Waals surface area (Å²) < 4.78 is 0. The number of carbonyl (C=O) groups excluding carboxylic acids is 3. The Balaban J connectivity index is 0.00000400. The fraction of sp³-hybridized carbons (Fsp3) is 0.100. The van der Waals surface area contributed by atoms with Crippen LogP contribution in [0.4, 0.5) is 11.4 Å². The van der Waals surface area contributed by atoms with Crippen molar-refractivity contribution in [2.75, 3.05) is 16.4 Å². The molecule has 0 bridgehead atoms. The number of anilines is 2. The Morgan fingerprint density at radius 2 is 1.24 bits per heavy atom. The number of nitrogens with two attached hydrogens (primary N) is 1. The van der Waals surface area contributed by atoms with Crippen LogP contribution in [0.25, 0.3) is 0 Å². The molecule has 0 aliphatic rings. The van der Waals surface area contributed by atoms with Crippen LogP contribution in [0, 0.1) is 0 Å². The molecule has 0 unspecified atom stereocenters. The van der Waals surface area contributed by atoms with E-state index < -0.39 is 17.9 Å². The Morgan fingerprint density at radius 1 is 0.711 bits per heavy atom. The highest BCUT2D eigenvalue weighted by atomic mass is 35.5. The van der Waals surface area contributed by atoms with Gasteiger partial charge in [-0.1, -0.05) is 91.0 Å². The molecule has 0 saturated heterocycles. The van der Waals surface area contributed by atoms with Crippen molar-refractivity contribution in [3.63, 3.8) is 0 Å². The summed E-state index contributed by atoms with van der Waals surface area (Å²) >= 11 is 4.07.